The highest BCUT2D eigenvalue weighted by Gasteiger charge is 2.09. The third-order valence-electron chi connectivity index (χ3n) is 5.65. The van der Waals surface area contributed by atoms with Gasteiger partial charge < -0.3 is 9.99 Å². The fourth-order valence-electron chi connectivity index (χ4n) is 4.06. The lowest BCUT2D eigenvalue weighted by molar-refractivity contribution is 0.748. The molecular formula is C27H21Cl2N3. The van der Waals surface area contributed by atoms with E-state index in [1.54, 1.807) is 0 Å². The number of fused-ring (bicyclic) bond motifs is 2. The molecule has 0 atom stereocenters. The summed E-state index contributed by atoms with van der Waals surface area (Å²) in [6.07, 6.45) is 4.01. The molecule has 0 aliphatic carbocycles. The van der Waals surface area contributed by atoms with Crippen LogP contribution in [0.25, 0.3) is 21.7 Å². The van der Waals surface area contributed by atoms with Crippen LogP contribution in [-0.4, -0.2) is 10.8 Å². The molecule has 1 heterocycles. The van der Waals surface area contributed by atoms with E-state index in [4.69, 9.17) is 23.2 Å². The highest BCUT2D eigenvalue weighted by Crippen LogP contribution is 2.25. The Kier molecular flexibility index (Phi) is 5.85. The molecule has 0 aliphatic heterocycles. The van der Waals surface area contributed by atoms with Gasteiger partial charge in [0.25, 0.3) is 0 Å². The van der Waals surface area contributed by atoms with E-state index in [9.17, 15) is 0 Å². The molecule has 5 heteroatoms. The Morgan fingerprint density at radius 3 is 2.31 bits per heavy atom. The van der Waals surface area contributed by atoms with Gasteiger partial charge in [-0.2, -0.15) is 5.10 Å². The zero-order chi connectivity index (χ0) is 21.9. The molecule has 0 unspecified atom stereocenters. The first-order chi connectivity index (χ1) is 15.7. The minimum Gasteiger partial charge on any atom is -0.342 e. The Balaban J connectivity index is 1.42. The van der Waals surface area contributed by atoms with Crippen LogP contribution in [0.15, 0.2) is 96.2 Å². The maximum Gasteiger partial charge on any atom is 0.0609 e. The average Bonchev–Trinajstić information content (AvgIpc) is 3.16. The largest absolute Gasteiger partial charge is 0.342 e. The van der Waals surface area contributed by atoms with Crippen LogP contribution in [0.4, 0.5) is 0 Å². The van der Waals surface area contributed by atoms with Crippen LogP contribution < -0.4 is 5.43 Å². The van der Waals surface area contributed by atoms with Gasteiger partial charge in [0.1, 0.15) is 0 Å². The van der Waals surface area contributed by atoms with Crippen LogP contribution in [0.3, 0.4) is 0 Å². The number of hydrazone groups is 1. The van der Waals surface area contributed by atoms with Gasteiger partial charge in [-0.25, -0.2) is 0 Å². The summed E-state index contributed by atoms with van der Waals surface area (Å²) in [5.74, 6) is 0. The van der Waals surface area contributed by atoms with E-state index in [0.29, 0.717) is 16.6 Å². The molecule has 0 fully saturated rings. The Morgan fingerprint density at radius 2 is 1.47 bits per heavy atom. The standard InChI is InChI=1S/C27H21Cl2N3/c28-25-12-6-13-26(29)24(25)16-31-30-15-21-18-32(27-14-4-3-11-23(21)27)17-20-9-5-8-19-7-1-2-10-22(19)20/h1-15,18,31H,16-17H2/b30-15-. The Hall–Kier alpha value is -3.27. The van der Waals surface area contributed by atoms with Crippen molar-refractivity contribution in [3.63, 3.8) is 0 Å². The topological polar surface area (TPSA) is 29.3 Å². The summed E-state index contributed by atoms with van der Waals surface area (Å²) in [6, 6.07) is 28.9. The summed E-state index contributed by atoms with van der Waals surface area (Å²) in [7, 11) is 0. The van der Waals surface area contributed by atoms with Crippen molar-refractivity contribution in [2.75, 3.05) is 0 Å². The van der Waals surface area contributed by atoms with Gasteiger partial charge in [0.05, 0.1) is 12.8 Å². The van der Waals surface area contributed by atoms with Crippen molar-refractivity contribution in [1.29, 1.82) is 0 Å². The van der Waals surface area contributed by atoms with Crippen LogP contribution >= 0.6 is 23.2 Å². The first-order valence-electron chi connectivity index (χ1n) is 10.4. The molecule has 4 aromatic carbocycles. The predicted octanol–water partition coefficient (Wildman–Crippen LogP) is 7.27. The van der Waals surface area contributed by atoms with E-state index < -0.39 is 0 Å². The normalized spacial score (nSPS) is 11.6. The van der Waals surface area contributed by atoms with Crippen LogP contribution in [-0.2, 0) is 13.1 Å². The minimum atomic E-state index is 0.462. The van der Waals surface area contributed by atoms with Gasteiger partial charge in [0, 0.05) is 44.8 Å². The van der Waals surface area contributed by atoms with Crippen LogP contribution in [0.2, 0.25) is 10.0 Å². The van der Waals surface area contributed by atoms with E-state index in [0.717, 1.165) is 23.1 Å². The molecule has 5 rings (SSSR count). The second-order valence-electron chi connectivity index (χ2n) is 7.66. The molecule has 0 radical (unpaired) electrons. The molecule has 0 aliphatic rings. The summed E-state index contributed by atoms with van der Waals surface area (Å²) in [5, 5.41) is 9.39. The van der Waals surface area contributed by atoms with Gasteiger partial charge >= 0.3 is 0 Å². The predicted molar refractivity (Wildman–Crippen MR) is 136 cm³/mol. The maximum atomic E-state index is 6.25. The molecule has 32 heavy (non-hydrogen) atoms. The molecule has 0 saturated carbocycles. The van der Waals surface area contributed by atoms with Crippen LogP contribution in [0.1, 0.15) is 16.7 Å². The lowest BCUT2D eigenvalue weighted by Gasteiger charge is -2.09. The molecule has 1 aromatic heterocycles. The number of benzene rings is 4. The summed E-state index contributed by atoms with van der Waals surface area (Å²) in [5.41, 5.74) is 7.43. The fraction of sp³-hybridized carbons (Fsp3) is 0.0741. The fourth-order valence-corrected chi connectivity index (χ4v) is 4.59. The van der Waals surface area contributed by atoms with Crippen molar-refractivity contribution in [1.82, 2.24) is 9.99 Å². The third-order valence-corrected chi connectivity index (χ3v) is 6.36. The van der Waals surface area contributed by atoms with Gasteiger partial charge in [0.15, 0.2) is 0 Å². The average molecular weight is 458 g/mol. The number of halogens is 2. The van der Waals surface area contributed by atoms with Gasteiger partial charge in [-0.3, -0.25) is 0 Å². The Labute approximate surface area is 196 Å². The smallest absolute Gasteiger partial charge is 0.0609 e. The number of para-hydroxylation sites is 1. The maximum absolute atomic E-state index is 6.25. The molecule has 0 spiro atoms. The molecule has 0 amide bonds. The number of hydrogen-bond acceptors (Lipinski definition) is 2. The summed E-state index contributed by atoms with van der Waals surface area (Å²) >= 11 is 12.5. The molecule has 158 valence electrons. The summed E-state index contributed by atoms with van der Waals surface area (Å²) in [4.78, 5) is 0. The second kappa shape index (κ2) is 9.07. The van der Waals surface area contributed by atoms with Gasteiger partial charge in [-0.05, 0) is 34.5 Å². The third kappa shape index (κ3) is 4.10. The van der Waals surface area contributed by atoms with Crippen LogP contribution in [0, 0.1) is 0 Å². The van der Waals surface area contributed by atoms with E-state index in [1.807, 2.05) is 24.4 Å². The lowest BCUT2D eigenvalue weighted by atomic mass is 10.0. The van der Waals surface area contributed by atoms with Gasteiger partial charge in [-0.15, -0.1) is 0 Å². The van der Waals surface area contributed by atoms with Crippen molar-refractivity contribution in [2.24, 2.45) is 5.10 Å². The molecule has 0 bridgehead atoms. The molecular weight excluding hydrogens is 437 g/mol. The first kappa shape index (κ1) is 20.6. The van der Waals surface area contributed by atoms with E-state index in [-0.39, 0.29) is 0 Å². The van der Waals surface area contributed by atoms with Crippen molar-refractivity contribution in [3.8, 4) is 0 Å². The second-order valence-corrected chi connectivity index (χ2v) is 8.48. The zero-order valence-electron chi connectivity index (χ0n) is 17.3. The zero-order valence-corrected chi connectivity index (χ0v) is 18.8. The number of rotatable bonds is 6. The SMILES string of the molecule is Clc1cccc(Cl)c1CN/N=C\c1cn(Cc2cccc3ccccc23)c2ccccc12. The highest BCUT2D eigenvalue weighted by atomic mass is 35.5. The number of hydrogen-bond donors (Lipinski definition) is 1. The first-order valence-corrected chi connectivity index (χ1v) is 11.2. The highest BCUT2D eigenvalue weighted by molar-refractivity contribution is 6.35. The van der Waals surface area contributed by atoms with Crippen molar-refractivity contribution in [3.05, 3.63) is 118 Å². The minimum absolute atomic E-state index is 0.462. The van der Waals surface area contributed by atoms with Crippen molar-refractivity contribution < 1.29 is 0 Å². The van der Waals surface area contributed by atoms with Gasteiger partial charge in [0.2, 0.25) is 0 Å². The van der Waals surface area contributed by atoms with Crippen LogP contribution in [0.5, 0.6) is 0 Å². The quantitative estimate of drug-likeness (QED) is 0.210. The Morgan fingerprint density at radius 1 is 0.781 bits per heavy atom. The van der Waals surface area contributed by atoms with E-state index >= 15 is 0 Å². The summed E-state index contributed by atoms with van der Waals surface area (Å²) < 4.78 is 2.28. The van der Waals surface area contributed by atoms with Gasteiger partial charge in [-0.1, -0.05) is 89.9 Å². The molecule has 1 N–H and O–H groups in total. The van der Waals surface area contributed by atoms with E-state index in [2.05, 4.69) is 88.0 Å². The number of nitrogens with one attached hydrogen (secondary N) is 1. The number of aromatic nitrogens is 1. The summed E-state index contributed by atoms with van der Waals surface area (Å²) in [6.45, 7) is 1.25. The monoisotopic (exact) mass is 457 g/mol. The number of nitrogens with zero attached hydrogens (tertiary/aromatic N) is 2. The molecule has 5 aromatic rings. The lowest BCUT2D eigenvalue weighted by Crippen LogP contribution is -2.06. The molecule has 3 nitrogen and oxygen atoms in total. The Bertz CT molecular complexity index is 1410. The molecule has 0 saturated heterocycles. The van der Waals surface area contributed by atoms with Crippen molar-refractivity contribution in [2.45, 2.75) is 13.1 Å². The van der Waals surface area contributed by atoms with Crippen molar-refractivity contribution >= 4 is 51.1 Å². The van der Waals surface area contributed by atoms with E-state index in [1.165, 1.54) is 21.9 Å².